The summed E-state index contributed by atoms with van der Waals surface area (Å²) in [5.41, 5.74) is 1.38. The molecule has 1 fully saturated rings. The molecular formula is C15H25N3O3. The Morgan fingerprint density at radius 2 is 2.24 bits per heavy atom. The third kappa shape index (κ3) is 3.83. The third-order valence-electron chi connectivity index (χ3n) is 4.14. The molecule has 1 saturated carbocycles. The maximum Gasteiger partial charge on any atom is 0.341 e. The van der Waals surface area contributed by atoms with E-state index in [9.17, 15) is 9.90 Å². The smallest absolute Gasteiger partial charge is 0.341 e. The van der Waals surface area contributed by atoms with Crippen LogP contribution in [0, 0.1) is 0 Å². The summed E-state index contributed by atoms with van der Waals surface area (Å²) in [4.78, 5) is 14.3. The first-order chi connectivity index (χ1) is 10.2. The van der Waals surface area contributed by atoms with Gasteiger partial charge in [0.25, 0.3) is 0 Å². The number of carbonyl (C=O) groups is 1. The maximum atomic E-state index is 12.0. The van der Waals surface area contributed by atoms with Crippen molar-refractivity contribution in [2.24, 2.45) is 7.05 Å². The zero-order chi connectivity index (χ0) is 15.2. The molecule has 0 unspecified atom stereocenters. The zero-order valence-corrected chi connectivity index (χ0v) is 12.9. The molecule has 1 aliphatic carbocycles. The Bertz CT molecular complexity index is 467. The molecule has 1 aromatic rings. The second-order valence-corrected chi connectivity index (χ2v) is 5.48. The molecule has 0 radical (unpaired) electrons. The van der Waals surface area contributed by atoms with E-state index >= 15 is 0 Å². The first kappa shape index (κ1) is 16.0. The van der Waals surface area contributed by atoms with E-state index in [1.807, 2.05) is 7.05 Å². The van der Waals surface area contributed by atoms with Crippen LogP contribution in [0.15, 0.2) is 6.20 Å². The third-order valence-corrected chi connectivity index (χ3v) is 4.14. The number of aromatic nitrogens is 2. The van der Waals surface area contributed by atoms with Crippen LogP contribution in [0.25, 0.3) is 0 Å². The Morgan fingerprint density at radius 3 is 2.86 bits per heavy atom. The standard InChI is InChI=1S/C15H25N3O3/c1-3-21-15(20)13-10-16-17(2)14(13)11-18(8-9-19)12-6-4-5-7-12/h10,12,19H,3-9,11H2,1-2H3. The minimum Gasteiger partial charge on any atom is -0.462 e. The Hall–Kier alpha value is -1.40. The summed E-state index contributed by atoms with van der Waals surface area (Å²) < 4.78 is 6.82. The van der Waals surface area contributed by atoms with E-state index in [2.05, 4.69) is 10.00 Å². The number of carbonyl (C=O) groups excluding carboxylic acids is 1. The van der Waals surface area contributed by atoms with Crippen molar-refractivity contribution in [2.45, 2.75) is 45.2 Å². The lowest BCUT2D eigenvalue weighted by Gasteiger charge is -2.28. The first-order valence-electron chi connectivity index (χ1n) is 7.70. The van der Waals surface area contributed by atoms with Gasteiger partial charge >= 0.3 is 5.97 Å². The Balaban J connectivity index is 2.15. The fraction of sp³-hybridized carbons (Fsp3) is 0.733. The van der Waals surface area contributed by atoms with Gasteiger partial charge in [0.1, 0.15) is 5.56 Å². The fourth-order valence-electron chi connectivity index (χ4n) is 3.01. The second kappa shape index (κ2) is 7.56. The number of hydrogen-bond donors (Lipinski definition) is 1. The molecule has 2 rings (SSSR count). The highest BCUT2D eigenvalue weighted by molar-refractivity contribution is 5.90. The van der Waals surface area contributed by atoms with Gasteiger partial charge in [0.05, 0.1) is 25.1 Å². The van der Waals surface area contributed by atoms with E-state index < -0.39 is 0 Å². The number of nitrogens with zero attached hydrogens (tertiary/aromatic N) is 3. The normalized spacial score (nSPS) is 15.8. The molecule has 0 bridgehead atoms. The van der Waals surface area contributed by atoms with Gasteiger partial charge in [-0.25, -0.2) is 4.79 Å². The van der Waals surface area contributed by atoms with Crippen LogP contribution in [-0.2, 0) is 18.3 Å². The molecule has 0 spiro atoms. The molecule has 118 valence electrons. The summed E-state index contributed by atoms with van der Waals surface area (Å²) in [7, 11) is 1.84. The predicted molar refractivity (Wildman–Crippen MR) is 78.9 cm³/mol. The number of rotatable bonds is 7. The Kier molecular flexibility index (Phi) is 5.76. The van der Waals surface area contributed by atoms with E-state index in [-0.39, 0.29) is 12.6 Å². The minimum absolute atomic E-state index is 0.128. The van der Waals surface area contributed by atoms with Crippen LogP contribution >= 0.6 is 0 Å². The fourth-order valence-corrected chi connectivity index (χ4v) is 3.01. The summed E-state index contributed by atoms with van der Waals surface area (Å²) in [5, 5.41) is 13.5. The van der Waals surface area contributed by atoms with Gasteiger partial charge in [-0.1, -0.05) is 12.8 Å². The number of esters is 1. The molecule has 21 heavy (non-hydrogen) atoms. The number of hydrogen-bond acceptors (Lipinski definition) is 5. The largest absolute Gasteiger partial charge is 0.462 e. The molecule has 1 N–H and O–H groups in total. The lowest BCUT2D eigenvalue weighted by atomic mass is 10.1. The Morgan fingerprint density at radius 1 is 1.52 bits per heavy atom. The lowest BCUT2D eigenvalue weighted by molar-refractivity contribution is 0.0522. The summed E-state index contributed by atoms with van der Waals surface area (Å²) in [6, 6.07) is 0.488. The van der Waals surface area contributed by atoms with Crippen LogP contribution in [0.1, 0.15) is 48.7 Å². The maximum absolute atomic E-state index is 12.0. The van der Waals surface area contributed by atoms with Crippen molar-refractivity contribution in [3.8, 4) is 0 Å². The van der Waals surface area contributed by atoms with Crippen molar-refractivity contribution >= 4 is 5.97 Å². The summed E-state index contributed by atoms with van der Waals surface area (Å²) >= 11 is 0. The van der Waals surface area contributed by atoms with E-state index in [4.69, 9.17) is 4.74 Å². The van der Waals surface area contributed by atoms with Crippen molar-refractivity contribution in [3.05, 3.63) is 17.5 Å². The van der Waals surface area contributed by atoms with Crippen LogP contribution < -0.4 is 0 Å². The van der Waals surface area contributed by atoms with Crippen molar-refractivity contribution in [3.63, 3.8) is 0 Å². The van der Waals surface area contributed by atoms with Gasteiger partial charge in [-0.2, -0.15) is 5.10 Å². The van der Waals surface area contributed by atoms with Gasteiger partial charge in [-0.3, -0.25) is 9.58 Å². The number of aryl methyl sites for hydroxylation is 1. The predicted octanol–water partition coefficient (Wildman–Crippen LogP) is 1.33. The lowest BCUT2D eigenvalue weighted by Crippen LogP contribution is -2.36. The SMILES string of the molecule is CCOC(=O)c1cnn(C)c1CN(CCO)C1CCCC1. The van der Waals surface area contributed by atoms with E-state index in [1.165, 1.54) is 12.8 Å². The molecule has 0 atom stereocenters. The summed E-state index contributed by atoms with van der Waals surface area (Å²) in [6.45, 7) is 3.53. The highest BCUT2D eigenvalue weighted by Crippen LogP contribution is 2.25. The molecule has 0 saturated heterocycles. The van der Waals surface area contributed by atoms with Crippen LogP contribution in [-0.4, -0.2) is 51.6 Å². The molecule has 6 heteroatoms. The van der Waals surface area contributed by atoms with E-state index in [0.717, 1.165) is 18.5 Å². The highest BCUT2D eigenvalue weighted by atomic mass is 16.5. The molecule has 1 heterocycles. The van der Waals surface area contributed by atoms with Crippen molar-refractivity contribution in [2.75, 3.05) is 19.8 Å². The number of aliphatic hydroxyl groups excluding tert-OH is 1. The Labute approximate surface area is 125 Å². The van der Waals surface area contributed by atoms with Gasteiger partial charge < -0.3 is 9.84 Å². The van der Waals surface area contributed by atoms with Crippen molar-refractivity contribution in [1.82, 2.24) is 14.7 Å². The molecular weight excluding hydrogens is 270 g/mol. The monoisotopic (exact) mass is 295 g/mol. The first-order valence-corrected chi connectivity index (χ1v) is 7.70. The van der Waals surface area contributed by atoms with Gasteiger partial charge in [0.2, 0.25) is 0 Å². The van der Waals surface area contributed by atoms with Crippen LogP contribution in [0.5, 0.6) is 0 Å². The average Bonchev–Trinajstić information content (AvgIpc) is 3.09. The van der Waals surface area contributed by atoms with Crippen LogP contribution in [0.3, 0.4) is 0 Å². The second-order valence-electron chi connectivity index (χ2n) is 5.48. The molecule has 0 aromatic carbocycles. The van der Waals surface area contributed by atoms with Crippen LogP contribution in [0.4, 0.5) is 0 Å². The average molecular weight is 295 g/mol. The molecule has 0 amide bonds. The summed E-state index contributed by atoms with van der Waals surface area (Å²) in [6.07, 6.45) is 6.36. The quantitative estimate of drug-likeness (QED) is 0.769. The molecule has 1 aliphatic rings. The van der Waals surface area contributed by atoms with Gasteiger partial charge in [-0.15, -0.1) is 0 Å². The van der Waals surface area contributed by atoms with E-state index in [0.29, 0.717) is 31.3 Å². The van der Waals surface area contributed by atoms with Gasteiger partial charge in [0.15, 0.2) is 0 Å². The zero-order valence-electron chi connectivity index (χ0n) is 12.9. The van der Waals surface area contributed by atoms with Crippen LogP contribution in [0.2, 0.25) is 0 Å². The minimum atomic E-state index is -0.323. The molecule has 1 aromatic heterocycles. The van der Waals surface area contributed by atoms with Crippen molar-refractivity contribution < 1.29 is 14.6 Å². The highest BCUT2D eigenvalue weighted by Gasteiger charge is 2.25. The molecule has 0 aliphatic heterocycles. The van der Waals surface area contributed by atoms with Crippen molar-refractivity contribution in [1.29, 1.82) is 0 Å². The summed E-state index contributed by atoms with van der Waals surface area (Å²) in [5.74, 6) is -0.323. The molecule has 6 nitrogen and oxygen atoms in total. The van der Waals surface area contributed by atoms with Gasteiger partial charge in [0, 0.05) is 26.2 Å². The number of ether oxygens (including phenoxy) is 1. The van der Waals surface area contributed by atoms with E-state index in [1.54, 1.807) is 17.8 Å². The number of aliphatic hydroxyl groups is 1. The topological polar surface area (TPSA) is 67.6 Å². The van der Waals surface area contributed by atoms with Gasteiger partial charge in [-0.05, 0) is 19.8 Å².